The van der Waals surface area contributed by atoms with Gasteiger partial charge in [0.25, 0.3) is 11.1 Å². The summed E-state index contributed by atoms with van der Waals surface area (Å²) in [6.45, 7) is 7.01. The maximum atomic E-state index is 13.5. The predicted octanol–water partition coefficient (Wildman–Crippen LogP) is 3.79. The van der Waals surface area contributed by atoms with Gasteiger partial charge in [0.1, 0.15) is 11.7 Å². The molecule has 0 amide bonds. The molecule has 2 aliphatic rings. The first-order valence-electron chi connectivity index (χ1n) is 16.5. The van der Waals surface area contributed by atoms with Crippen LogP contribution in [0.4, 0.5) is 11.4 Å². The van der Waals surface area contributed by atoms with Gasteiger partial charge in [-0.3, -0.25) is 18.7 Å². The van der Waals surface area contributed by atoms with E-state index in [-0.39, 0.29) is 22.9 Å². The number of amidine groups is 2. The average Bonchev–Trinajstić information content (AvgIpc) is 3.66. The summed E-state index contributed by atoms with van der Waals surface area (Å²) in [4.78, 5) is 49.5. The van der Waals surface area contributed by atoms with Crippen molar-refractivity contribution in [2.45, 2.75) is 33.4 Å². The van der Waals surface area contributed by atoms with E-state index >= 15 is 0 Å². The Morgan fingerprint density at radius 3 is 1.43 bits per heavy atom. The molecule has 2 aliphatic heterocycles. The minimum Gasteiger partial charge on any atom is -0.494 e. The molecule has 0 atom stereocenters. The largest absolute Gasteiger partial charge is 0.494 e. The summed E-state index contributed by atoms with van der Waals surface area (Å²) >= 11 is 0. The highest BCUT2D eigenvalue weighted by atomic mass is 16.3. The highest BCUT2D eigenvalue weighted by Crippen LogP contribution is 2.34. The lowest BCUT2D eigenvalue weighted by Crippen LogP contribution is -2.32. The standard InChI is InChI=1S/C37H36N8O4/c1-20-38-28-18-26-30-22(32(28)40-20)8-5-10-24(30)34(46)44(36(26)48)16-14-42(3)12-7-13-43(4)15-17-45-35(47)25-11-6-9-23-31(25)27(37(45)49)19-29-33(23)41-21(2)39-29/h5-6,8-11,18-19,48-49H,7,12-17H2,1-4H3. The maximum Gasteiger partial charge on any atom is 0.261 e. The number of pyridine rings is 2. The third kappa shape index (κ3) is 4.98. The zero-order chi connectivity index (χ0) is 34.1. The molecule has 0 radical (unpaired) electrons. The van der Waals surface area contributed by atoms with Gasteiger partial charge >= 0.3 is 0 Å². The molecule has 2 aromatic heterocycles. The number of aliphatic imine (C=N–C) groups is 2. The Balaban J connectivity index is 0.926. The fourth-order valence-electron chi connectivity index (χ4n) is 7.31. The second-order valence-corrected chi connectivity index (χ2v) is 13.1. The topological polar surface area (TPSA) is 140 Å². The molecule has 0 bridgehead atoms. The first kappa shape index (κ1) is 30.8. The molecule has 4 aromatic carbocycles. The van der Waals surface area contributed by atoms with Crippen LogP contribution in [0.25, 0.3) is 43.1 Å². The molecule has 0 unspecified atom stereocenters. The summed E-state index contributed by atoms with van der Waals surface area (Å²) in [5.74, 6) is 1.19. The first-order chi connectivity index (χ1) is 23.6. The van der Waals surface area contributed by atoms with Crippen molar-refractivity contribution in [3.8, 4) is 11.8 Å². The van der Waals surface area contributed by atoms with Gasteiger partial charge in [0, 0.05) is 69.3 Å². The van der Waals surface area contributed by atoms with Crippen molar-refractivity contribution < 1.29 is 10.2 Å². The van der Waals surface area contributed by atoms with Gasteiger partial charge in [-0.25, -0.2) is 20.0 Å². The van der Waals surface area contributed by atoms with E-state index in [1.54, 1.807) is 12.1 Å². The van der Waals surface area contributed by atoms with E-state index in [0.29, 0.717) is 81.5 Å². The molecule has 49 heavy (non-hydrogen) atoms. The van der Waals surface area contributed by atoms with E-state index in [4.69, 9.17) is 0 Å². The summed E-state index contributed by atoms with van der Waals surface area (Å²) in [5.41, 5.74) is 0.937. The fourth-order valence-corrected chi connectivity index (χ4v) is 7.31. The van der Waals surface area contributed by atoms with Crippen molar-refractivity contribution in [3.05, 3.63) is 80.0 Å². The molecular weight excluding hydrogens is 620 g/mol. The van der Waals surface area contributed by atoms with Crippen LogP contribution in [-0.2, 0) is 13.1 Å². The molecule has 4 heterocycles. The van der Waals surface area contributed by atoms with E-state index in [2.05, 4.69) is 29.8 Å². The van der Waals surface area contributed by atoms with Crippen LogP contribution in [0, 0.1) is 0 Å². The van der Waals surface area contributed by atoms with Crippen LogP contribution in [0.3, 0.4) is 0 Å². The third-order valence-corrected chi connectivity index (χ3v) is 9.77. The number of fused-ring (bicyclic) bond motifs is 4. The van der Waals surface area contributed by atoms with E-state index in [9.17, 15) is 19.8 Å². The molecule has 8 rings (SSSR count). The number of benzene rings is 4. The molecule has 2 N–H and O–H groups in total. The van der Waals surface area contributed by atoms with E-state index in [1.165, 1.54) is 9.13 Å². The van der Waals surface area contributed by atoms with Crippen LogP contribution >= 0.6 is 0 Å². The van der Waals surface area contributed by atoms with Crippen molar-refractivity contribution in [1.82, 2.24) is 18.9 Å². The van der Waals surface area contributed by atoms with Crippen molar-refractivity contribution in [2.24, 2.45) is 20.0 Å². The summed E-state index contributed by atoms with van der Waals surface area (Å²) in [6.07, 6.45) is 0.852. The lowest BCUT2D eigenvalue weighted by atomic mass is 10.0. The Labute approximate surface area is 280 Å². The van der Waals surface area contributed by atoms with Crippen LogP contribution in [0.2, 0.25) is 0 Å². The van der Waals surface area contributed by atoms with E-state index in [1.807, 2.05) is 64.3 Å². The van der Waals surface area contributed by atoms with Crippen LogP contribution < -0.4 is 21.8 Å². The number of hydrogen-bond donors (Lipinski definition) is 2. The van der Waals surface area contributed by atoms with E-state index < -0.39 is 0 Å². The quantitative estimate of drug-likeness (QED) is 0.230. The lowest BCUT2D eigenvalue weighted by molar-refractivity contribution is 0.260. The summed E-state index contributed by atoms with van der Waals surface area (Å²) in [5, 5.41) is 29.4. The van der Waals surface area contributed by atoms with Gasteiger partial charge < -0.3 is 20.0 Å². The van der Waals surface area contributed by atoms with Gasteiger partial charge in [-0.15, -0.1) is 0 Å². The van der Waals surface area contributed by atoms with Crippen LogP contribution in [0.15, 0.2) is 78.1 Å². The minimum absolute atomic E-state index is 0.0576. The minimum atomic E-state index is -0.229. The van der Waals surface area contributed by atoms with Crippen LogP contribution in [0.1, 0.15) is 20.3 Å². The molecule has 248 valence electrons. The second-order valence-electron chi connectivity index (χ2n) is 13.1. The summed E-state index contributed by atoms with van der Waals surface area (Å²) in [6, 6.07) is 14.8. The van der Waals surface area contributed by atoms with Gasteiger partial charge in [-0.2, -0.15) is 0 Å². The van der Waals surface area contributed by atoms with Crippen molar-refractivity contribution in [2.75, 3.05) is 40.3 Å². The summed E-state index contributed by atoms with van der Waals surface area (Å²) < 4.78 is 2.89. The summed E-state index contributed by atoms with van der Waals surface area (Å²) in [7, 11) is 4.00. The highest BCUT2D eigenvalue weighted by Gasteiger charge is 2.21. The molecule has 0 saturated carbocycles. The third-order valence-electron chi connectivity index (χ3n) is 9.77. The normalized spacial score (nSPS) is 13.9. The number of aromatic hydroxyl groups is 2. The van der Waals surface area contributed by atoms with Crippen molar-refractivity contribution in [1.29, 1.82) is 0 Å². The SMILES string of the molecule is CC1=Nc2cc3c(O)n(CCN(C)CCCN(C)CCn4c(O)c5cc6c(c7cccc(c4=O)c57)=NC(C)=N6)c(=O)c4cccc(c2=N1)c34. The number of rotatable bonds is 10. The predicted molar refractivity (Wildman–Crippen MR) is 193 cm³/mol. The number of hydrogen-bond acceptors (Lipinski definition) is 10. The van der Waals surface area contributed by atoms with Gasteiger partial charge in [-0.05, 0) is 71.7 Å². The monoisotopic (exact) mass is 656 g/mol. The van der Waals surface area contributed by atoms with Crippen LogP contribution in [0.5, 0.6) is 11.8 Å². The van der Waals surface area contributed by atoms with Crippen molar-refractivity contribution in [3.63, 3.8) is 0 Å². The Hall–Kier alpha value is -5.46. The smallest absolute Gasteiger partial charge is 0.261 e. The lowest BCUT2D eigenvalue weighted by Gasteiger charge is -2.22. The van der Waals surface area contributed by atoms with Gasteiger partial charge in [-0.1, -0.05) is 24.3 Å². The molecule has 0 spiro atoms. The Bertz CT molecular complexity index is 2490. The number of likely N-dealkylation sites (N-methyl/N-ethyl adjacent to an activating group) is 2. The Morgan fingerprint density at radius 2 is 1.00 bits per heavy atom. The highest BCUT2D eigenvalue weighted by molar-refractivity contribution is 6.14. The molecule has 12 nitrogen and oxygen atoms in total. The fraction of sp³-hybridized carbons (Fsp3) is 0.297. The zero-order valence-electron chi connectivity index (χ0n) is 27.9. The van der Waals surface area contributed by atoms with Crippen molar-refractivity contribution >= 4 is 66.1 Å². The van der Waals surface area contributed by atoms with E-state index in [0.717, 1.165) is 41.0 Å². The molecule has 0 saturated heterocycles. The van der Waals surface area contributed by atoms with Gasteiger partial charge in [0.2, 0.25) is 11.8 Å². The van der Waals surface area contributed by atoms with Gasteiger partial charge in [0.05, 0.1) is 22.1 Å². The first-order valence-corrected chi connectivity index (χ1v) is 16.5. The maximum absolute atomic E-state index is 13.5. The molecule has 6 aromatic rings. The number of nitrogens with zero attached hydrogens (tertiary/aromatic N) is 8. The molecular formula is C37H36N8O4. The Kier molecular flexibility index (Phi) is 7.30. The second kappa shape index (κ2) is 11.6. The molecule has 0 fully saturated rings. The number of aromatic nitrogens is 2. The zero-order valence-corrected chi connectivity index (χ0v) is 27.9. The Morgan fingerprint density at radius 1 is 0.592 bits per heavy atom. The molecule has 0 aliphatic carbocycles. The van der Waals surface area contributed by atoms with Crippen LogP contribution in [-0.4, -0.2) is 81.1 Å². The van der Waals surface area contributed by atoms with Gasteiger partial charge in [0.15, 0.2) is 0 Å². The average molecular weight is 657 g/mol. The molecule has 12 heteroatoms.